The van der Waals surface area contributed by atoms with E-state index < -0.39 is 11.6 Å². The Morgan fingerprint density at radius 2 is 1.73 bits per heavy atom. The summed E-state index contributed by atoms with van der Waals surface area (Å²) in [6.07, 6.45) is 3.70. The van der Waals surface area contributed by atoms with Gasteiger partial charge in [0.15, 0.2) is 5.82 Å². The second-order valence-corrected chi connectivity index (χ2v) is 10.9. The molecule has 0 spiro atoms. The number of rotatable bonds is 3. The maximum absolute atomic E-state index is 15.9. The number of hydrogen-bond acceptors (Lipinski definition) is 8. The van der Waals surface area contributed by atoms with E-state index in [0.717, 1.165) is 31.8 Å². The summed E-state index contributed by atoms with van der Waals surface area (Å²) in [5.74, 6) is 0.181. The van der Waals surface area contributed by atoms with Crippen molar-refractivity contribution in [1.29, 1.82) is 0 Å². The highest BCUT2D eigenvalue weighted by molar-refractivity contribution is 6.00. The van der Waals surface area contributed by atoms with Gasteiger partial charge in [-0.05, 0) is 49.4 Å². The number of nitrogens with zero attached hydrogens (tertiary/aromatic N) is 5. The van der Waals surface area contributed by atoms with Crippen molar-refractivity contribution in [3.8, 4) is 23.0 Å². The first-order valence-corrected chi connectivity index (χ1v) is 14.3. The van der Waals surface area contributed by atoms with E-state index in [-0.39, 0.29) is 33.9 Å². The molecule has 0 aliphatic carbocycles. The molecule has 218 valence electrons. The standard InChI is InChI=1S/C24H21F2N5O2.C5H11N.C2H6/c1-33-24-29-22-17(23(30-24)31-10-13-5-6-14(11-31)28-13)9-27-21(20(22)26)16-8-15(32)7-12-3-2-4-18(25)19(12)16;1-5-3-6(2)4-5;1-2/h2-4,7-9,13-14,28,32H,5-6,10-11H2,1H3;5H,3-4H2,1-2H3;1-2H3. The molecule has 2 atom stereocenters. The number of fused-ring (bicyclic) bond motifs is 4. The Balaban J connectivity index is 0.000000371. The number of halogens is 2. The van der Waals surface area contributed by atoms with Crippen molar-refractivity contribution in [2.45, 2.75) is 45.7 Å². The Morgan fingerprint density at radius 3 is 2.34 bits per heavy atom. The van der Waals surface area contributed by atoms with Crippen molar-refractivity contribution in [2.24, 2.45) is 5.92 Å². The molecule has 4 aromatic rings. The molecule has 0 saturated carbocycles. The van der Waals surface area contributed by atoms with Crippen LogP contribution in [0.3, 0.4) is 0 Å². The molecule has 2 bridgehead atoms. The summed E-state index contributed by atoms with van der Waals surface area (Å²) in [6, 6.07) is 8.00. The number of methoxy groups -OCH3 is 1. The Labute approximate surface area is 239 Å². The number of hydrogen-bond donors (Lipinski definition) is 2. The third-order valence-corrected chi connectivity index (χ3v) is 7.75. The number of ether oxygens (including phenoxy) is 1. The topological polar surface area (TPSA) is 86.6 Å². The van der Waals surface area contributed by atoms with Crippen LogP contribution in [0.5, 0.6) is 11.8 Å². The van der Waals surface area contributed by atoms with Crippen LogP contribution in [0.1, 0.15) is 33.6 Å². The average molecular weight is 565 g/mol. The van der Waals surface area contributed by atoms with Gasteiger partial charge in [0.05, 0.1) is 12.5 Å². The lowest BCUT2D eigenvalue weighted by atomic mass is 9.99. The summed E-state index contributed by atoms with van der Waals surface area (Å²) < 4.78 is 35.9. The zero-order valence-electron chi connectivity index (χ0n) is 24.3. The number of phenolic OH excluding ortho intramolecular Hbond substituents is 1. The Bertz CT molecular complexity index is 1530. The highest BCUT2D eigenvalue weighted by Gasteiger charge is 2.34. The number of aromatic hydroxyl groups is 1. The van der Waals surface area contributed by atoms with E-state index in [1.165, 1.54) is 50.7 Å². The summed E-state index contributed by atoms with van der Waals surface area (Å²) in [4.78, 5) is 17.6. The molecule has 2 aromatic carbocycles. The highest BCUT2D eigenvalue weighted by atomic mass is 19.1. The maximum atomic E-state index is 15.9. The first kappa shape index (κ1) is 28.9. The number of anilines is 1. The molecule has 7 rings (SSSR count). The highest BCUT2D eigenvalue weighted by Crippen LogP contribution is 2.38. The van der Waals surface area contributed by atoms with Gasteiger partial charge in [-0.1, -0.05) is 32.9 Å². The first-order valence-electron chi connectivity index (χ1n) is 14.3. The molecule has 5 heterocycles. The molecular weight excluding hydrogens is 526 g/mol. The number of phenols is 1. The van der Waals surface area contributed by atoms with Gasteiger partial charge in [0.1, 0.15) is 28.6 Å². The fourth-order valence-electron chi connectivity index (χ4n) is 6.08. The van der Waals surface area contributed by atoms with Crippen LogP contribution in [0.25, 0.3) is 32.9 Å². The summed E-state index contributed by atoms with van der Waals surface area (Å²) in [5, 5.41) is 14.9. The van der Waals surface area contributed by atoms with Crippen molar-refractivity contribution in [3.05, 3.63) is 48.2 Å². The molecule has 3 fully saturated rings. The third kappa shape index (κ3) is 5.76. The Kier molecular flexibility index (Phi) is 8.51. The minimum absolute atomic E-state index is 0.0422. The van der Waals surface area contributed by atoms with Gasteiger partial charge in [0.2, 0.25) is 0 Å². The van der Waals surface area contributed by atoms with Gasteiger partial charge >= 0.3 is 6.01 Å². The number of pyridine rings is 1. The SMILES string of the molecule is CC.CC1CN(C)C1.COc1nc(N2CC3CCC(C2)N3)c2cnc(-c3cc(O)cc4cccc(F)c34)c(F)c2n1. The average Bonchev–Trinajstić information content (AvgIpc) is 3.30. The maximum Gasteiger partial charge on any atom is 0.318 e. The van der Waals surface area contributed by atoms with Crippen molar-refractivity contribution in [1.82, 2.24) is 25.2 Å². The third-order valence-electron chi connectivity index (χ3n) is 7.75. The fourth-order valence-corrected chi connectivity index (χ4v) is 6.08. The number of piperazine rings is 1. The second-order valence-electron chi connectivity index (χ2n) is 10.9. The normalized spacial score (nSPS) is 20.2. The van der Waals surface area contributed by atoms with E-state index in [9.17, 15) is 9.50 Å². The van der Waals surface area contributed by atoms with Crippen molar-refractivity contribution >= 4 is 27.5 Å². The van der Waals surface area contributed by atoms with Crippen LogP contribution in [-0.2, 0) is 0 Å². The molecule has 2 unspecified atom stereocenters. The monoisotopic (exact) mass is 564 g/mol. The van der Waals surface area contributed by atoms with E-state index in [1.54, 1.807) is 6.07 Å². The minimum atomic E-state index is -0.720. The molecule has 8 nitrogen and oxygen atoms in total. The predicted molar refractivity (Wildman–Crippen MR) is 159 cm³/mol. The molecule has 10 heteroatoms. The van der Waals surface area contributed by atoms with E-state index in [0.29, 0.717) is 28.7 Å². The largest absolute Gasteiger partial charge is 0.508 e. The molecule has 41 heavy (non-hydrogen) atoms. The second kappa shape index (κ2) is 12.1. The summed E-state index contributed by atoms with van der Waals surface area (Å²) >= 11 is 0. The van der Waals surface area contributed by atoms with Gasteiger partial charge in [-0.15, -0.1) is 0 Å². The Hall–Kier alpha value is -3.63. The van der Waals surface area contributed by atoms with Gasteiger partial charge in [0, 0.05) is 55.4 Å². The predicted octanol–water partition coefficient (Wildman–Crippen LogP) is 5.37. The fraction of sp³-hybridized carbons (Fsp3) is 0.452. The summed E-state index contributed by atoms with van der Waals surface area (Å²) in [5.41, 5.74) is 0.1000. The van der Waals surface area contributed by atoms with Gasteiger partial charge < -0.3 is 25.0 Å². The van der Waals surface area contributed by atoms with Crippen molar-refractivity contribution in [3.63, 3.8) is 0 Å². The van der Waals surface area contributed by atoms with E-state index in [4.69, 9.17) is 4.74 Å². The minimum Gasteiger partial charge on any atom is -0.508 e. The quantitative estimate of drug-likeness (QED) is 0.344. The van der Waals surface area contributed by atoms with E-state index in [1.807, 2.05) is 13.8 Å². The lowest BCUT2D eigenvalue weighted by Gasteiger charge is -2.34. The number of likely N-dealkylation sites (tertiary alicyclic amines) is 1. The first-order chi connectivity index (χ1) is 19.8. The Morgan fingerprint density at radius 1 is 1.02 bits per heavy atom. The van der Waals surface area contributed by atoms with Crippen LogP contribution in [-0.4, -0.2) is 77.4 Å². The molecule has 3 aliphatic heterocycles. The van der Waals surface area contributed by atoms with Crippen molar-refractivity contribution < 1.29 is 18.6 Å². The van der Waals surface area contributed by atoms with Crippen LogP contribution < -0.4 is 15.0 Å². The summed E-state index contributed by atoms with van der Waals surface area (Å²) in [7, 11) is 3.59. The van der Waals surface area contributed by atoms with Crippen molar-refractivity contribution in [2.75, 3.05) is 45.2 Å². The van der Waals surface area contributed by atoms with Crippen LogP contribution in [0, 0.1) is 17.6 Å². The summed E-state index contributed by atoms with van der Waals surface area (Å²) in [6.45, 7) is 10.4. The molecule has 3 saturated heterocycles. The molecule has 0 amide bonds. The molecule has 2 aromatic heterocycles. The lowest BCUT2D eigenvalue weighted by Crippen LogP contribution is -2.51. The molecule has 0 radical (unpaired) electrons. The van der Waals surface area contributed by atoms with Crippen LogP contribution in [0.4, 0.5) is 14.6 Å². The smallest absolute Gasteiger partial charge is 0.318 e. The van der Waals surface area contributed by atoms with E-state index in [2.05, 4.69) is 44.0 Å². The van der Waals surface area contributed by atoms with Gasteiger partial charge in [-0.2, -0.15) is 9.97 Å². The number of nitrogens with one attached hydrogen (secondary N) is 1. The van der Waals surface area contributed by atoms with Gasteiger partial charge in [-0.25, -0.2) is 8.78 Å². The van der Waals surface area contributed by atoms with Crippen LogP contribution in [0.15, 0.2) is 36.5 Å². The van der Waals surface area contributed by atoms with Crippen LogP contribution in [0.2, 0.25) is 0 Å². The molecule has 3 aliphatic rings. The number of aromatic nitrogens is 3. The van der Waals surface area contributed by atoms with Gasteiger partial charge in [0.25, 0.3) is 0 Å². The zero-order valence-corrected chi connectivity index (χ0v) is 24.3. The molecular formula is C31H38F2N6O2. The zero-order chi connectivity index (χ0) is 29.3. The van der Waals surface area contributed by atoms with Crippen LogP contribution >= 0.6 is 0 Å². The molecule has 2 N–H and O–H groups in total. The number of benzene rings is 2. The van der Waals surface area contributed by atoms with Gasteiger partial charge in [-0.3, -0.25) is 4.98 Å². The van der Waals surface area contributed by atoms with E-state index >= 15 is 4.39 Å². The lowest BCUT2D eigenvalue weighted by molar-refractivity contribution is 0.149.